The zero-order valence-corrected chi connectivity index (χ0v) is 12.4. The molecule has 0 radical (unpaired) electrons. The van der Waals surface area contributed by atoms with E-state index in [-0.39, 0.29) is 18.4 Å². The van der Waals surface area contributed by atoms with Crippen LogP contribution in [0.2, 0.25) is 0 Å². The molecule has 1 aromatic carbocycles. The molecule has 0 aromatic heterocycles. The lowest BCUT2D eigenvalue weighted by Crippen LogP contribution is -2.31. The van der Waals surface area contributed by atoms with Crippen molar-refractivity contribution in [2.24, 2.45) is 11.8 Å². The lowest BCUT2D eigenvalue weighted by molar-refractivity contribution is 0.0940. The monoisotopic (exact) mass is 281 g/mol. The highest BCUT2D eigenvalue weighted by Gasteiger charge is 2.14. The van der Waals surface area contributed by atoms with Gasteiger partial charge < -0.3 is 10.4 Å². The Balaban J connectivity index is 2.62. The molecule has 112 valence electrons. The molecular formula is C16H24FNO2. The number of hydrogen-bond acceptors (Lipinski definition) is 2. The summed E-state index contributed by atoms with van der Waals surface area (Å²) in [4.78, 5) is 12.1. The number of nitrogens with one attached hydrogen (secondary N) is 1. The molecule has 0 aliphatic rings. The maximum absolute atomic E-state index is 13.2. The molecule has 3 nitrogen and oxygen atoms in total. The second-order valence-corrected chi connectivity index (χ2v) is 5.68. The summed E-state index contributed by atoms with van der Waals surface area (Å²) in [6.45, 7) is 6.64. The van der Waals surface area contributed by atoms with Gasteiger partial charge in [0.15, 0.2) is 0 Å². The van der Waals surface area contributed by atoms with Crippen molar-refractivity contribution in [2.75, 3.05) is 13.2 Å². The highest BCUT2D eigenvalue weighted by molar-refractivity contribution is 5.95. The molecule has 1 aromatic rings. The van der Waals surface area contributed by atoms with Crippen LogP contribution in [0.25, 0.3) is 0 Å². The second-order valence-electron chi connectivity index (χ2n) is 5.68. The minimum absolute atomic E-state index is 0.117. The average Bonchev–Trinajstić information content (AvgIpc) is 2.38. The van der Waals surface area contributed by atoms with Crippen LogP contribution < -0.4 is 5.32 Å². The largest absolute Gasteiger partial charge is 0.396 e. The van der Waals surface area contributed by atoms with Gasteiger partial charge in [-0.1, -0.05) is 19.9 Å². The number of amides is 1. The van der Waals surface area contributed by atoms with Gasteiger partial charge in [0.25, 0.3) is 5.91 Å². The predicted octanol–water partition coefficient (Wildman–Crippen LogP) is 2.91. The van der Waals surface area contributed by atoms with Gasteiger partial charge in [-0.25, -0.2) is 4.39 Å². The molecule has 20 heavy (non-hydrogen) atoms. The third kappa shape index (κ3) is 5.29. The molecule has 1 atom stereocenters. The molecule has 0 aliphatic heterocycles. The maximum Gasteiger partial charge on any atom is 0.251 e. The van der Waals surface area contributed by atoms with Crippen molar-refractivity contribution in [2.45, 2.75) is 33.6 Å². The number of carbonyl (C=O) groups excluding carboxylic acids is 1. The first-order chi connectivity index (χ1) is 9.43. The van der Waals surface area contributed by atoms with Gasteiger partial charge in [0, 0.05) is 18.7 Å². The van der Waals surface area contributed by atoms with E-state index >= 15 is 0 Å². The van der Waals surface area contributed by atoms with Crippen molar-refractivity contribution in [1.82, 2.24) is 5.32 Å². The second kappa shape index (κ2) is 8.00. The molecule has 0 bridgehead atoms. The summed E-state index contributed by atoms with van der Waals surface area (Å²) in [7, 11) is 0. The molecular weight excluding hydrogens is 257 g/mol. The molecule has 4 heteroatoms. The Morgan fingerprint density at radius 1 is 1.40 bits per heavy atom. The van der Waals surface area contributed by atoms with Crippen LogP contribution in [0, 0.1) is 24.6 Å². The lowest BCUT2D eigenvalue weighted by Gasteiger charge is -2.19. The van der Waals surface area contributed by atoms with E-state index in [0.29, 0.717) is 24.4 Å². The molecule has 1 rings (SSSR count). The van der Waals surface area contributed by atoms with Gasteiger partial charge in [-0.2, -0.15) is 0 Å². The van der Waals surface area contributed by atoms with Crippen molar-refractivity contribution >= 4 is 5.91 Å². The number of aliphatic hydroxyl groups excluding tert-OH is 1. The van der Waals surface area contributed by atoms with E-state index in [2.05, 4.69) is 19.2 Å². The summed E-state index contributed by atoms with van der Waals surface area (Å²) in [6.07, 6.45) is 1.61. The van der Waals surface area contributed by atoms with Gasteiger partial charge in [0.05, 0.1) is 0 Å². The van der Waals surface area contributed by atoms with Crippen molar-refractivity contribution in [3.05, 3.63) is 35.1 Å². The Labute approximate surface area is 120 Å². The third-order valence-electron chi connectivity index (χ3n) is 3.34. The molecule has 2 N–H and O–H groups in total. The van der Waals surface area contributed by atoms with E-state index in [4.69, 9.17) is 5.11 Å². The molecule has 0 spiro atoms. The van der Waals surface area contributed by atoms with E-state index in [9.17, 15) is 9.18 Å². The Morgan fingerprint density at radius 2 is 2.10 bits per heavy atom. The Hall–Kier alpha value is -1.42. The molecule has 0 saturated carbocycles. The SMILES string of the molecule is Cc1ccc(F)cc1C(=O)NCC(CCO)CC(C)C. The normalized spacial score (nSPS) is 12.5. The smallest absolute Gasteiger partial charge is 0.251 e. The van der Waals surface area contributed by atoms with Crippen LogP contribution in [0.15, 0.2) is 18.2 Å². The standard InChI is InChI=1S/C16H24FNO2/c1-11(2)8-13(6-7-19)10-18-16(20)15-9-14(17)5-4-12(15)3/h4-5,9,11,13,19H,6-8,10H2,1-3H3,(H,18,20). The Bertz CT molecular complexity index is 446. The van der Waals surface area contributed by atoms with Gasteiger partial charge in [0.2, 0.25) is 0 Å². The van der Waals surface area contributed by atoms with Crippen LogP contribution in [-0.2, 0) is 0 Å². The topological polar surface area (TPSA) is 49.3 Å². The van der Waals surface area contributed by atoms with E-state index < -0.39 is 5.82 Å². The van der Waals surface area contributed by atoms with Crippen molar-refractivity contribution in [1.29, 1.82) is 0 Å². The fourth-order valence-electron chi connectivity index (χ4n) is 2.32. The third-order valence-corrected chi connectivity index (χ3v) is 3.34. The van der Waals surface area contributed by atoms with Crippen LogP contribution in [0.5, 0.6) is 0 Å². The number of aliphatic hydroxyl groups is 1. The molecule has 1 amide bonds. The number of benzene rings is 1. The maximum atomic E-state index is 13.2. The Morgan fingerprint density at radius 3 is 2.70 bits per heavy atom. The number of aryl methyl sites for hydroxylation is 1. The first-order valence-electron chi connectivity index (χ1n) is 7.09. The van der Waals surface area contributed by atoms with Gasteiger partial charge in [0.1, 0.15) is 5.82 Å². The van der Waals surface area contributed by atoms with Crippen LogP contribution in [-0.4, -0.2) is 24.2 Å². The summed E-state index contributed by atoms with van der Waals surface area (Å²) in [5, 5.41) is 11.9. The fourth-order valence-corrected chi connectivity index (χ4v) is 2.32. The quantitative estimate of drug-likeness (QED) is 0.807. The van der Waals surface area contributed by atoms with Crippen molar-refractivity contribution < 1.29 is 14.3 Å². The summed E-state index contributed by atoms with van der Waals surface area (Å²) in [6, 6.07) is 4.21. The predicted molar refractivity (Wildman–Crippen MR) is 78.1 cm³/mol. The first-order valence-corrected chi connectivity index (χ1v) is 7.09. The van der Waals surface area contributed by atoms with Crippen LogP contribution in [0.1, 0.15) is 42.6 Å². The minimum Gasteiger partial charge on any atom is -0.396 e. The summed E-state index contributed by atoms with van der Waals surface area (Å²) < 4.78 is 13.2. The van der Waals surface area contributed by atoms with Crippen LogP contribution in [0.4, 0.5) is 4.39 Å². The van der Waals surface area contributed by atoms with Crippen LogP contribution >= 0.6 is 0 Å². The number of carbonyl (C=O) groups is 1. The molecule has 0 aliphatic carbocycles. The lowest BCUT2D eigenvalue weighted by atomic mass is 9.94. The van der Waals surface area contributed by atoms with Gasteiger partial charge in [-0.05, 0) is 49.3 Å². The Kier molecular flexibility index (Phi) is 6.65. The van der Waals surface area contributed by atoms with Gasteiger partial charge in [-0.15, -0.1) is 0 Å². The fraction of sp³-hybridized carbons (Fsp3) is 0.562. The van der Waals surface area contributed by atoms with Crippen molar-refractivity contribution in [3.8, 4) is 0 Å². The average molecular weight is 281 g/mol. The molecule has 0 saturated heterocycles. The van der Waals surface area contributed by atoms with Gasteiger partial charge in [-0.3, -0.25) is 4.79 Å². The molecule has 0 fully saturated rings. The summed E-state index contributed by atoms with van der Waals surface area (Å²) in [5.74, 6) is 0.0979. The zero-order valence-electron chi connectivity index (χ0n) is 12.4. The number of rotatable bonds is 7. The van der Waals surface area contributed by atoms with E-state index in [1.54, 1.807) is 13.0 Å². The molecule has 0 heterocycles. The highest BCUT2D eigenvalue weighted by Crippen LogP contribution is 2.15. The van der Waals surface area contributed by atoms with E-state index in [0.717, 1.165) is 12.0 Å². The minimum atomic E-state index is -0.408. The molecule has 1 unspecified atom stereocenters. The van der Waals surface area contributed by atoms with Crippen LogP contribution in [0.3, 0.4) is 0 Å². The number of halogens is 1. The highest BCUT2D eigenvalue weighted by atomic mass is 19.1. The summed E-state index contributed by atoms with van der Waals surface area (Å²) in [5.41, 5.74) is 1.13. The van der Waals surface area contributed by atoms with Gasteiger partial charge >= 0.3 is 0 Å². The number of hydrogen-bond donors (Lipinski definition) is 2. The van der Waals surface area contributed by atoms with Crippen molar-refractivity contribution in [3.63, 3.8) is 0 Å². The first kappa shape index (κ1) is 16.6. The summed E-state index contributed by atoms with van der Waals surface area (Å²) >= 11 is 0. The zero-order chi connectivity index (χ0) is 15.1. The van der Waals surface area contributed by atoms with E-state index in [1.165, 1.54) is 12.1 Å². The van der Waals surface area contributed by atoms with E-state index in [1.807, 2.05) is 0 Å².